The molecule has 1 aromatic carbocycles. The molecular weight excluding hydrogens is 326 g/mol. The highest BCUT2D eigenvalue weighted by Crippen LogP contribution is 2.25. The molecule has 0 aliphatic heterocycles. The van der Waals surface area contributed by atoms with Crippen LogP contribution in [0.5, 0.6) is 0 Å². The summed E-state index contributed by atoms with van der Waals surface area (Å²) in [5.74, 6) is 0.972. The summed E-state index contributed by atoms with van der Waals surface area (Å²) in [6, 6.07) is 7.67. The Morgan fingerprint density at radius 3 is 2.71 bits per heavy atom. The summed E-state index contributed by atoms with van der Waals surface area (Å²) in [4.78, 5) is 16.4. The van der Waals surface area contributed by atoms with E-state index in [0.29, 0.717) is 35.6 Å². The van der Waals surface area contributed by atoms with Gasteiger partial charge in [-0.15, -0.1) is 0 Å². The minimum Gasteiger partial charge on any atom is -0.353 e. The van der Waals surface area contributed by atoms with Crippen molar-refractivity contribution in [3.05, 3.63) is 35.2 Å². The molecule has 1 saturated carbocycles. The Hall–Kier alpha value is -1.88. The minimum atomic E-state index is 0.0550. The van der Waals surface area contributed by atoms with Crippen LogP contribution in [0.25, 0.3) is 11.4 Å². The van der Waals surface area contributed by atoms with Gasteiger partial charge < -0.3 is 9.84 Å². The van der Waals surface area contributed by atoms with Crippen LogP contribution in [0.4, 0.5) is 0 Å². The molecule has 128 valence electrons. The van der Waals surface area contributed by atoms with Crippen molar-refractivity contribution in [1.82, 2.24) is 15.5 Å². The maximum atomic E-state index is 12.1. The molecule has 5 nitrogen and oxygen atoms in total. The molecule has 1 aliphatic rings. The first kappa shape index (κ1) is 17.0. The van der Waals surface area contributed by atoms with Gasteiger partial charge in [0.2, 0.25) is 17.6 Å². The molecule has 1 amide bonds. The minimum absolute atomic E-state index is 0.0550. The van der Waals surface area contributed by atoms with E-state index in [1.54, 1.807) is 6.07 Å². The lowest BCUT2D eigenvalue weighted by Crippen LogP contribution is -2.34. The van der Waals surface area contributed by atoms with Crippen LogP contribution in [0.2, 0.25) is 5.02 Å². The summed E-state index contributed by atoms with van der Waals surface area (Å²) in [6.45, 7) is 0. The molecule has 1 N–H and O–H groups in total. The van der Waals surface area contributed by atoms with Gasteiger partial charge in [0, 0.05) is 24.4 Å². The van der Waals surface area contributed by atoms with Crippen molar-refractivity contribution in [1.29, 1.82) is 0 Å². The summed E-state index contributed by atoms with van der Waals surface area (Å²) < 4.78 is 5.23. The zero-order valence-electron chi connectivity index (χ0n) is 13.6. The fourth-order valence-corrected chi connectivity index (χ4v) is 3.27. The first-order valence-electron chi connectivity index (χ1n) is 8.59. The fraction of sp³-hybridized carbons (Fsp3) is 0.500. The molecule has 2 aromatic rings. The average Bonchev–Trinajstić information content (AvgIpc) is 2.90. The Morgan fingerprint density at radius 1 is 1.21 bits per heavy atom. The highest BCUT2D eigenvalue weighted by atomic mass is 35.5. The number of nitrogens with zero attached hydrogens (tertiary/aromatic N) is 2. The third-order valence-electron chi connectivity index (χ3n) is 4.37. The summed E-state index contributed by atoms with van der Waals surface area (Å²) >= 11 is 6.13. The molecule has 0 saturated heterocycles. The van der Waals surface area contributed by atoms with Gasteiger partial charge in [-0.05, 0) is 25.0 Å². The molecule has 3 rings (SSSR count). The number of carbonyl (C=O) groups is 1. The van der Waals surface area contributed by atoms with Crippen molar-refractivity contribution in [2.24, 2.45) is 0 Å². The molecule has 0 atom stereocenters. The number of carbonyl (C=O) groups excluding carboxylic acids is 1. The van der Waals surface area contributed by atoms with E-state index < -0.39 is 0 Å². The zero-order valence-corrected chi connectivity index (χ0v) is 14.4. The van der Waals surface area contributed by atoms with Gasteiger partial charge in [-0.25, -0.2) is 0 Å². The topological polar surface area (TPSA) is 68.0 Å². The van der Waals surface area contributed by atoms with Crippen molar-refractivity contribution in [2.75, 3.05) is 0 Å². The Bertz CT molecular complexity index is 678. The van der Waals surface area contributed by atoms with E-state index in [0.717, 1.165) is 18.4 Å². The normalized spacial score (nSPS) is 15.9. The van der Waals surface area contributed by atoms with Crippen LogP contribution in [0.1, 0.15) is 50.8 Å². The number of aromatic nitrogens is 2. The van der Waals surface area contributed by atoms with Gasteiger partial charge in [0.05, 0.1) is 5.02 Å². The number of hydrogen-bond acceptors (Lipinski definition) is 4. The lowest BCUT2D eigenvalue weighted by molar-refractivity contribution is -0.121. The van der Waals surface area contributed by atoms with Gasteiger partial charge in [-0.3, -0.25) is 4.79 Å². The molecular formula is C18H22ClN3O2. The molecule has 1 aliphatic carbocycles. The van der Waals surface area contributed by atoms with Gasteiger partial charge >= 0.3 is 0 Å². The standard InChI is InChI=1S/C18H22ClN3O2/c19-15-10-6-5-9-14(15)18-21-17(24-22-18)12-11-16(23)20-13-7-3-1-2-4-8-13/h5-6,9-10,13H,1-4,7-8,11-12H2,(H,20,23). The molecule has 1 fully saturated rings. The van der Waals surface area contributed by atoms with E-state index in [2.05, 4.69) is 15.5 Å². The average molecular weight is 348 g/mol. The van der Waals surface area contributed by atoms with Gasteiger partial charge in [0.1, 0.15) is 0 Å². The highest BCUT2D eigenvalue weighted by Gasteiger charge is 2.16. The third-order valence-corrected chi connectivity index (χ3v) is 4.70. The first-order chi connectivity index (χ1) is 11.7. The second kappa shape index (κ2) is 8.29. The van der Waals surface area contributed by atoms with Crippen molar-refractivity contribution in [3.63, 3.8) is 0 Å². The summed E-state index contributed by atoms with van der Waals surface area (Å²) in [6.07, 6.45) is 7.94. The van der Waals surface area contributed by atoms with Crippen molar-refractivity contribution >= 4 is 17.5 Å². The van der Waals surface area contributed by atoms with Crippen molar-refractivity contribution < 1.29 is 9.32 Å². The predicted molar refractivity (Wildman–Crippen MR) is 92.7 cm³/mol. The molecule has 1 heterocycles. The largest absolute Gasteiger partial charge is 0.353 e. The van der Waals surface area contributed by atoms with E-state index in [4.69, 9.17) is 16.1 Å². The Morgan fingerprint density at radius 2 is 1.96 bits per heavy atom. The second-order valence-corrected chi connectivity index (χ2v) is 6.65. The van der Waals surface area contributed by atoms with E-state index in [1.807, 2.05) is 18.2 Å². The number of rotatable bonds is 5. The molecule has 1 aromatic heterocycles. The lowest BCUT2D eigenvalue weighted by Gasteiger charge is -2.15. The van der Waals surface area contributed by atoms with Crippen LogP contribution in [0, 0.1) is 0 Å². The molecule has 24 heavy (non-hydrogen) atoms. The molecule has 0 bridgehead atoms. The molecule has 0 radical (unpaired) electrons. The number of hydrogen-bond donors (Lipinski definition) is 1. The van der Waals surface area contributed by atoms with Gasteiger partial charge in [0.15, 0.2) is 0 Å². The SMILES string of the molecule is O=C(CCc1nc(-c2ccccc2Cl)no1)NC1CCCCCC1. The maximum absolute atomic E-state index is 12.1. The van der Waals surface area contributed by atoms with E-state index in [1.165, 1.54) is 25.7 Å². The molecule has 6 heteroatoms. The van der Waals surface area contributed by atoms with E-state index in [-0.39, 0.29) is 5.91 Å². The van der Waals surface area contributed by atoms with E-state index in [9.17, 15) is 4.79 Å². The number of amides is 1. The maximum Gasteiger partial charge on any atom is 0.227 e. The smallest absolute Gasteiger partial charge is 0.227 e. The van der Waals surface area contributed by atoms with E-state index >= 15 is 0 Å². The number of benzene rings is 1. The van der Waals surface area contributed by atoms with Crippen LogP contribution in [0.3, 0.4) is 0 Å². The number of aryl methyl sites for hydroxylation is 1. The van der Waals surface area contributed by atoms with Gasteiger partial charge in [-0.2, -0.15) is 4.98 Å². The number of nitrogens with one attached hydrogen (secondary N) is 1. The van der Waals surface area contributed by atoms with Gasteiger partial charge in [0.25, 0.3) is 0 Å². The van der Waals surface area contributed by atoms with Crippen LogP contribution in [-0.2, 0) is 11.2 Å². The van der Waals surface area contributed by atoms with Crippen molar-refractivity contribution in [3.8, 4) is 11.4 Å². The van der Waals surface area contributed by atoms with Crippen molar-refractivity contribution in [2.45, 2.75) is 57.4 Å². The number of halogens is 1. The van der Waals surface area contributed by atoms with Crippen LogP contribution in [-0.4, -0.2) is 22.1 Å². The lowest BCUT2D eigenvalue weighted by atomic mass is 10.1. The third kappa shape index (κ3) is 4.57. The zero-order chi connectivity index (χ0) is 16.8. The second-order valence-electron chi connectivity index (χ2n) is 6.25. The molecule has 0 spiro atoms. The summed E-state index contributed by atoms with van der Waals surface area (Å²) in [5, 5.41) is 7.66. The predicted octanol–water partition coefficient (Wildman–Crippen LogP) is 4.16. The van der Waals surface area contributed by atoms with Crippen LogP contribution >= 0.6 is 11.6 Å². The van der Waals surface area contributed by atoms with Crippen LogP contribution in [0.15, 0.2) is 28.8 Å². The Labute approximate surface area is 146 Å². The monoisotopic (exact) mass is 347 g/mol. The highest BCUT2D eigenvalue weighted by molar-refractivity contribution is 6.33. The quantitative estimate of drug-likeness (QED) is 0.824. The Balaban J connectivity index is 1.52. The summed E-state index contributed by atoms with van der Waals surface area (Å²) in [7, 11) is 0. The first-order valence-corrected chi connectivity index (χ1v) is 8.97. The summed E-state index contributed by atoms with van der Waals surface area (Å²) in [5.41, 5.74) is 0.733. The Kier molecular flexibility index (Phi) is 5.86. The molecule has 0 unspecified atom stereocenters. The van der Waals surface area contributed by atoms with Gasteiger partial charge in [-0.1, -0.05) is 54.6 Å². The fourth-order valence-electron chi connectivity index (χ4n) is 3.05. The van der Waals surface area contributed by atoms with Crippen LogP contribution < -0.4 is 5.32 Å².